The number of carbonyl (C=O) groups excluding carboxylic acids is 3. The molecule has 4 aliphatic rings. The van der Waals surface area contributed by atoms with Gasteiger partial charge in [0.15, 0.2) is 23.8 Å². The second kappa shape index (κ2) is 12.1. The Morgan fingerprint density at radius 3 is 2.62 bits per heavy atom. The smallest absolute Gasteiger partial charge is 0.409 e. The van der Waals surface area contributed by atoms with E-state index in [1.54, 1.807) is 4.90 Å². The number of nitrogens with two attached hydrogens (primary N) is 1. The fraction of sp³-hybridized carbons (Fsp3) is 0.714. The molecule has 4 heterocycles. The van der Waals surface area contributed by atoms with Crippen LogP contribution in [0.25, 0.3) is 11.2 Å². The Morgan fingerprint density at radius 2 is 1.90 bits per heavy atom. The summed E-state index contributed by atoms with van der Waals surface area (Å²) in [6.45, 7) is 1.45. The molecule has 2 saturated carbocycles. The molecule has 2 aromatic heterocycles. The van der Waals surface area contributed by atoms with Crippen molar-refractivity contribution in [2.75, 3.05) is 25.4 Å². The van der Waals surface area contributed by atoms with Crippen LogP contribution >= 0.6 is 0 Å². The number of rotatable bonds is 9. The molecule has 5 atom stereocenters. The van der Waals surface area contributed by atoms with Crippen LogP contribution in [0.3, 0.4) is 0 Å². The van der Waals surface area contributed by atoms with Crippen molar-refractivity contribution < 1.29 is 34.1 Å². The normalized spacial score (nSPS) is 28.5. The number of amides is 2. The lowest BCUT2D eigenvalue weighted by Gasteiger charge is -2.31. The largest absolute Gasteiger partial charge is 0.449 e. The summed E-state index contributed by atoms with van der Waals surface area (Å²) in [4.78, 5) is 51.8. The van der Waals surface area contributed by atoms with Gasteiger partial charge in [0.1, 0.15) is 35.9 Å². The van der Waals surface area contributed by atoms with Crippen molar-refractivity contribution in [3.05, 3.63) is 12.2 Å². The van der Waals surface area contributed by atoms with Crippen LogP contribution in [0.4, 0.5) is 10.6 Å². The molecule has 2 aromatic rings. The minimum absolute atomic E-state index is 0.0945. The second-order valence-electron chi connectivity index (χ2n) is 12.0. The molecule has 2 unspecified atom stereocenters. The summed E-state index contributed by atoms with van der Waals surface area (Å²) in [5.41, 5.74) is 6.90. The molecule has 228 valence electrons. The van der Waals surface area contributed by atoms with E-state index in [1.807, 2.05) is 0 Å². The van der Waals surface area contributed by atoms with Gasteiger partial charge >= 0.3 is 6.09 Å². The maximum atomic E-state index is 12.5. The molecular weight excluding hydrogens is 546 g/mol. The molecule has 42 heavy (non-hydrogen) atoms. The SMILES string of the molecule is Nc1nc(CCCC2CCN(C(=O)OCC3CCCC3=O)CC2)nc2c1ncn2[C@@H]1O[C@H](C(=O)NC2CC2)[C@H](O)C1O. The number of ketones is 1. The summed E-state index contributed by atoms with van der Waals surface area (Å²) in [5.74, 6) is 0.795. The van der Waals surface area contributed by atoms with Gasteiger partial charge in [-0.1, -0.05) is 0 Å². The van der Waals surface area contributed by atoms with E-state index in [0.717, 1.165) is 51.4 Å². The minimum atomic E-state index is -1.39. The fourth-order valence-electron chi connectivity index (χ4n) is 6.18. The summed E-state index contributed by atoms with van der Waals surface area (Å²) in [7, 11) is 0. The molecular formula is C28H39N7O7. The van der Waals surface area contributed by atoms with Gasteiger partial charge in [-0.3, -0.25) is 14.2 Å². The zero-order valence-electron chi connectivity index (χ0n) is 23.6. The number of nitrogens with zero attached hydrogens (tertiary/aromatic N) is 5. The Morgan fingerprint density at radius 1 is 1.12 bits per heavy atom. The van der Waals surface area contributed by atoms with Gasteiger partial charge in [-0.15, -0.1) is 0 Å². The molecule has 2 aliphatic heterocycles. The number of fused-ring (bicyclic) bond motifs is 1. The quantitative estimate of drug-likeness (QED) is 0.326. The maximum absolute atomic E-state index is 12.5. The lowest BCUT2D eigenvalue weighted by molar-refractivity contribution is -0.137. The Hall–Kier alpha value is -3.36. The van der Waals surface area contributed by atoms with Crippen LogP contribution in [0.1, 0.15) is 69.8 Å². The Kier molecular flexibility index (Phi) is 8.28. The number of nitrogen functional groups attached to an aromatic ring is 1. The van der Waals surface area contributed by atoms with E-state index in [9.17, 15) is 24.6 Å². The van der Waals surface area contributed by atoms with Crippen LogP contribution in [0, 0.1) is 11.8 Å². The topological polar surface area (TPSA) is 195 Å². The molecule has 0 aromatic carbocycles. The third kappa shape index (κ3) is 6.06. The van der Waals surface area contributed by atoms with Crippen molar-refractivity contribution in [3.63, 3.8) is 0 Å². The summed E-state index contributed by atoms with van der Waals surface area (Å²) in [5, 5.41) is 24.0. The minimum Gasteiger partial charge on any atom is -0.449 e. The molecule has 0 spiro atoms. The Balaban J connectivity index is 1.01. The zero-order chi connectivity index (χ0) is 29.4. The third-order valence-electron chi connectivity index (χ3n) is 8.91. The summed E-state index contributed by atoms with van der Waals surface area (Å²) in [6, 6.07) is 0.0945. The lowest BCUT2D eigenvalue weighted by Crippen LogP contribution is -2.43. The molecule has 6 rings (SSSR count). The fourth-order valence-corrected chi connectivity index (χ4v) is 6.18. The predicted octanol–water partition coefficient (Wildman–Crippen LogP) is 0.847. The van der Waals surface area contributed by atoms with Crippen molar-refractivity contribution in [1.82, 2.24) is 29.7 Å². The summed E-state index contributed by atoms with van der Waals surface area (Å²) >= 11 is 0. The highest BCUT2D eigenvalue weighted by Crippen LogP contribution is 2.33. The van der Waals surface area contributed by atoms with Gasteiger partial charge in [0.2, 0.25) is 0 Å². The molecule has 0 radical (unpaired) electrons. The number of Topliss-reactive ketones (excluding diaryl/α,β-unsaturated/α-hetero) is 1. The molecule has 2 amide bonds. The predicted molar refractivity (Wildman–Crippen MR) is 148 cm³/mol. The van der Waals surface area contributed by atoms with E-state index in [-0.39, 0.29) is 36.3 Å². The van der Waals surface area contributed by atoms with Crippen LogP contribution in [-0.2, 0) is 25.5 Å². The third-order valence-corrected chi connectivity index (χ3v) is 8.91. The van der Waals surface area contributed by atoms with Gasteiger partial charge in [0, 0.05) is 32.0 Å². The van der Waals surface area contributed by atoms with Crippen molar-refractivity contribution in [2.45, 2.75) is 94.8 Å². The Labute approximate surface area is 243 Å². The van der Waals surface area contributed by atoms with Gasteiger partial charge in [-0.2, -0.15) is 0 Å². The first-order valence-corrected chi connectivity index (χ1v) is 15.0. The molecule has 2 aliphatic carbocycles. The van der Waals surface area contributed by atoms with Crippen molar-refractivity contribution in [1.29, 1.82) is 0 Å². The highest BCUT2D eigenvalue weighted by Gasteiger charge is 2.48. The molecule has 2 saturated heterocycles. The van der Waals surface area contributed by atoms with E-state index in [2.05, 4.69) is 20.3 Å². The number of likely N-dealkylation sites (tertiary alicyclic amines) is 1. The standard InChI is InChI=1S/C28H39N7O7/c29-24-20-25(35(14-30-20)27-22(38)21(37)23(42-27)26(39)31-17-7-8-17)33-19(32-24)6-1-3-15-9-11-34(12-10-15)28(40)41-13-16-4-2-5-18(16)36/h14-17,21-23,27,37-38H,1-13H2,(H,31,39)(H2,29,32,33)/t16?,21-,22?,23+,27-/m1/s1. The van der Waals surface area contributed by atoms with Crippen LogP contribution in [0.2, 0.25) is 0 Å². The van der Waals surface area contributed by atoms with E-state index in [0.29, 0.717) is 48.8 Å². The van der Waals surface area contributed by atoms with Crippen LogP contribution < -0.4 is 11.1 Å². The first-order chi connectivity index (χ1) is 20.3. The highest BCUT2D eigenvalue weighted by molar-refractivity contribution is 5.84. The van der Waals surface area contributed by atoms with Crippen LogP contribution in [0.5, 0.6) is 0 Å². The highest BCUT2D eigenvalue weighted by atomic mass is 16.6. The first kappa shape index (κ1) is 28.7. The number of imidazole rings is 1. The maximum Gasteiger partial charge on any atom is 0.409 e. The number of hydrogen-bond acceptors (Lipinski definition) is 11. The lowest BCUT2D eigenvalue weighted by atomic mass is 9.91. The number of hydrogen-bond donors (Lipinski definition) is 4. The molecule has 14 heteroatoms. The average molecular weight is 586 g/mol. The van der Waals surface area contributed by atoms with Gasteiger partial charge < -0.3 is 35.6 Å². The molecule has 4 fully saturated rings. The second-order valence-corrected chi connectivity index (χ2v) is 12.0. The molecule has 0 bridgehead atoms. The number of aryl methyl sites for hydroxylation is 1. The Bertz CT molecular complexity index is 1320. The van der Waals surface area contributed by atoms with Crippen LogP contribution in [0.15, 0.2) is 6.33 Å². The van der Waals surface area contributed by atoms with E-state index < -0.39 is 30.4 Å². The number of aliphatic hydroxyl groups is 2. The first-order valence-electron chi connectivity index (χ1n) is 15.0. The number of aromatic nitrogens is 4. The van der Waals surface area contributed by atoms with Crippen LogP contribution in [-0.4, -0.2) is 96.5 Å². The van der Waals surface area contributed by atoms with Crippen molar-refractivity contribution >= 4 is 34.8 Å². The number of aliphatic hydroxyl groups excluding tert-OH is 2. The number of anilines is 1. The monoisotopic (exact) mass is 585 g/mol. The number of ether oxygens (including phenoxy) is 2. The van der Waals surface area contributed by atoms with E-state index >= 15 is 0 Å². The number of carbonyl (C=O) groups is 3. The number of piperidine rings is 1. The zero-order valence-corrected chi connectivity index (χ0v) is 23.6. The van der Waals surface area contributed by atoms with Crippen molar-refractivity contribution in [2.24, 2.45) is 11.8 Å². The van der Waals surface area contributed by atoms with Gasteiger partial charge in [0.05, 0.1) is 12.2 Å². The summed E-state index contributed by atoms with van der Waals surface area (Å²) < 4.78 is 12.7. The van der Waals surface area contributed by atoms with Crippen molar-refractivity contribution in [3.8, 4) is 0 Å². The number of nitrogens with one attached hydrogen (secondary N) is 1. The molecule has 5 N–H and O–H groups in total. The average Bonchev–Trinajstić information content (AvgIpc) is 3.40. The summed E-state index contributed by atoms with van der Waals surface area (Å²) in [6.07, 6.45) is 4.23. The van der Waals surface area contributed by atoms with Gasteiger partial charge in [0.25, 0.3) is 5.91 Å². The van der Waals surface area contributed by atoms with Gasteiger partial charge in [-0.25, -0.2) is 19.7 Å². The van der Waals surface area contributed by atoms with E-state index in [1.165, 1.54) is 10.9 Å². The molecule has 14 nitrogen and oxygen atoms in total. The van der Waals surface area contributed by atoms with E-state index in [4.69, 9.17) is 15.2 Å². The van der Waals surface area contributed by atoms with Gasteiger partial charge in [-0.05, 0) is 57.3 Å².